The van der Waals surface area contributed by atoms with Crippen LogP contribution in [0.3, 0.4) is 0 Å². The van der Waals surface area contributed by atoms with E-state index in [-0.39, 0.29) is 22.8 Å². The highest BCUT2D eigenvalue weighted by molar-refractivity contribution is 6.34. The number of benzene rings is 2. The maximum Gasteiger partial charge on any atom is 0.335 e. The number of aryl methyl sites for hydroxylation is 2. The van der Waals surface area contributed by atoms with Gasteiger partial charge in [0.25, 0.3) is 5.56 Å². The molecular weight excluding hydrogens is 425 g/mol. The largest absolute Gasteiger partial charge is 0.487 e. The molecule has 0 unspecified atom stereocenters. The number of aromatic nitrogens is 1. The van der Waals surface area contributed by atoms with Gasteiger partial charge in [0.15, 0.2) is 0 Å². The highest BCUT2D eigenvalue weighted by Gasteiger charge is 2.15. The van der Waals surface area contributed by atoms with Crippen LogP contribution in [0.4, 0.5) is 0 Å². The first-order valence-electron chi connectivity index (χ1n) is 9.37. The number of ether oxygens (including phenoxy) is 1. The molecule has 0 aliphatic rings. The molecule has 3 rings (SSSR count). The molecule has 3 aromatic rings. The van der Waals surface area contributed by atoms with E-state index >= 15 is 0 Å². The van der Waals surface area contributed by atoms with Gasteiger partial charge in [-0.2, -0.15) is 0 Å². The maximum atomic E-state index is 12.7. The normalized spacial score (nSPS) is 10.8. The second-order valence-electron chi connectivity index (χ2n) is 6.98. The predicted molar refractivity (Wildman–Crippen MR) is 118 cm³/mol. The zero-order valence-corrected chi connectivity index (χ0v) is 18.1. The zero-order valence-electron chi connectivity index (χ0n) is 16.6. The van der Waals surface area contributed by atoms with Gasteiger partial charge in [-0.25, -0.2) is 4.79 Å². The van der Waals surface area contributed by atoms with Crippen molar-refractivity contribution < 1.29 is 14.6 Å². The van der Waals surface area contributed by atoms with Crippen LogP contribution < -0.4 is 10.3 Å². The Balaban J connectivity index is 1.85. The van der Waals surface area contributed by atoms with Crippen LogP contribution in [0.1, 0.15) is 32.7 Å². The van der Waals surface area contributed by atoms with Crippen LogP contribution in [0.25, 0.3) is 0 Å². The summed E-state index contributed by atoms with van der Waals surface area (Å²) in [6.07, 6.45) is 0.507. The van der Waals surface area contributed by atoms with E-state index in [1.165, 1.54) is 22.8 Å². The van der Waals surface area contributed by atoms with Gasteiger partial charge in [0.1, 0.15) is 17.4 Å². The van der Waals surface area contributed by atoms with Crippen molar-refractivity contribution in [1.82, 2.24) is 4.57 Å². The summed E-state index contributed by atoms with van der Waals surface area (Å²) in [5.41, 5.74) is 3.43. The molecule has 0 radical (unpaired) electrons. The van der Waals surface area contributed by atoms with Crippen molar-refractivity contribution >= 4 is 29.2 Å². The quantitative estimate of drug-likeness (QED) is 0.536. The number of carbonyl (C=O) groups is 1. The second-order valence-corrected chi connectivity index (χ2v) is 7.80. The van der Waals surface area contributed by atoms with E-state index in [0.29, 0.717) is 23.7 Å². The summed E-state index contributed by atoms with van der Waals surface area (Å²) in [4.78, 5) is 23.7. The van der Waals surface area contributed by atoms with Crippen molar-refractivity contribution in [3.05, 3.63) is 96.9 Å². The van der Waals surface area contributed by atoms with Crippen LogP contribution in [0.2, 0.25) is 10.0 Å². The number of hydrogen-bond donors (Lipinski definition) is 1. The van der Waals surface area contributed by atoms with E-state index in [1.54, 1.807) is 12.1 Å². The van der Waals surface area contributed by atoms with E-state index in [9.17, 15) is 9.59 Å². The van der Waals surface area contributed by atoms with Gasteiger partial charge in [-0.3, -0.25) is 4.79 Å². The monoisotopic (exact) mass is 445 g/mol. The molecule has 5 nitrogen and oxygen atoms in total. The highest BCUT2D eigenvalue weighted by Crippen LogP contribution is 2.24. The lowest BCUT2D eigenvalue weighted by Gasteiger charge is -2.17. The van der Waals surface area contributed by atoms with Gasteiger partial charge in [-0.15, -0.1) is 0 Å². The van der Waals surface area contributed by atoms with E-state index in [1.807, 2.05) is 32.0 Å². The third-order valence-corrected chi connectivity index (χ3v) is 5.65. The summed E-state index contributed by atoms with van der Waals surface area (Å²) in [5, 5.41) is 9.41. The molecule has 0 aliphatic heterocycles. The third kappa shape index (κ3) is 4.86. The molecule has 0 saturated carbocycles. The highest BCUT2D eigenvalue weighted by atomic mass is 35.5. The van der Waals surface area contributed by atoms with Gasteiger partial charge >= 0.3 is 5.97 Å². The lowest BCUT2D eigenvalue weighted by Crippen LogP contribution is -2.26. The van der Waals surface area contributed by atoms with Crippen LogP contribution in [0, 0.1) is 13.8 Å². The number of nitrogens with zero attached hydrogens (tertiary/aromatic N) is 1. The minimum absolute atomic E-state index is 0.0386. The Hall–Kier alpha value is -2.76. The van der Waals surface area contributed by atoms with Gasteiger partial charge in [-0.05, 0) is 61.2 Å². The molecule has 7 heteroatoms. The van der Waals surface area contributed by atoms with Gasteiger partial charge < -0.3 is 14.4 Å². The number of aromatic carboxylic acids is 1. The number of halogens is 2. The Bertz CT molecular complexity index is 1140. The van der Waals surface area contributed by atoms with Crippen molar-refractivity contribution in [2.45, 2.75) is 33.4 Å². The summed E-state index contributed by atoms with van der Waals surface area (Å²) in [5.74, 6) is -0.255. The fraction of sp³-hybridized carbons (Fsp3) is 0.217. The molecule has 1 N–H and O–H groups in total. The number of pyridine rings is 1. The topological polar surface area (TPSA) is 68.5 Å². The van der Waals surface area contributed by atoms with Crippen molar-refractivity contribution in [2.75, 3.05) is 0 Å². The lowest BCUT2D eigenvalue weighted by molar-refractivity contribution is 0.0697. The minimum atomic E-state index is -0.981. The summed E-state index contributed by atoms with van der Waals surface area (Å²) in [7, 11) is 0. The molecular formula is C23H21Cl2NO4. The van der Waals surface area contributed by atoms with Crippen molar-refractivity contribution in [1.29, 1.82) is 0 Å². The predicted octanol–water partition coefficient (Wildman–Crippen LogP) is 5.29. The number of hydrogen-bond acceptors (Lipinski definition) is 3. The summed E-state index contributed by atoms with van der Waals surface area (Å²) >= 11 is 12.5. The molecule has 0 spiro atoms. The van der Waals surface area contributed by atoms with Crippen LogP contribution in [0.5, 0.6) is 5.75 Å². The van der Waals surface area contributed by atoms with E-state index in [0.717, 1.165) is 22.4 Å². The standard InChI is InChI=1S/C23H21Cl2NO4/c1-14-4-3-5-21(15(14)2)30-13-20-18(24)12-19(25)22(27)26(20)11-10-16-6-8-17(9-7-16)23(28)29/h3-9,12H,10-11,13H2,1-2H3,(H,28,29). The van der Waals surface area contributed by atoms with Gasteiger partial charge in [0.2, 0.25) is 0 Å². The molecule has 0 saturated heterocycles. The second kappa shape index (κ2) is 9.37. The first kappa shape index (κ1) is 21.9. The molecule has 2 aromatic carbocycles. The first-order valence-corrected chi connectivity index (χ1v) is 10.1. The molecule has 1 aromatic heterocycles. The Kier molecular flexibility index (Phi) is 6.85. The smallest absolute Gasteiger partial charge is 0.335 e. The van der Waals surface area contributed by atoms with Crippen LogP contribution >= 0.6 is 23.2 Å². The van der Waals surface area contributed by atoms with Gasteiger partial charge in [-0.1, -0.05) is 47.5 Å². The van der Waals surface area contributed by atoms with Crippen LogP contribution in [-0.2, 0) is 19.6 Å². The maximum absolute atomic E-state index is 12.7. The Morgan fingerprint density at radius 3 is 2.43 bits per heavy atom. The molecule has 0 aliphatic carbocycles. The molecule has 0 fully saturated rings. The van der Waals surface area contributed by atoms with E-state index in [2.05, 4.69) is 0 Å². The number of carboxylic acid groups (broad SMARTS) is 1. The van der Waals surface area contributed by atoms with Crippen LogP contribution in [-0.4, -0.2) is 15.6 Å². The lowest BCUT2D eigenvalue weighted by atomic mass is 10.1. The average molecular weight is 446 g/mol. The number of carboxylic acids is 1. The molecule has 30 heavy (non-hydrogen) atoms. The van der Waals surface area contributed by atoms with Crippen molar-refractivity contribution in [2.24, 2.45) is 0 Å². The number of rotatable bonds is 7. The minimum Gasteiger partial charge on any atom is -0.487 e. The molecule has 156 valence electrons. The molecule has 0 bridgehead atoms. The zero-order chi connectivity index (χ0) is 21.8. The average Bonchev–Trinajstić information content (AvgIpc) is 2.72. The van der Waals surface area contributed by atoms with E-state index < -0.39 is 5.97 Å². The van der Waals surface area contributed by atoms with Crippen molar-refractivity contribution in [3.8, 4) is 5.75 Å². The van der Waals surface area contributed by atoms with Gasteiger partial charge in [0.05, 0.1) is 16.3 Å². The summed E-state index contributed by atoms with van der Waals surface area (Å²) in [6.45, 7) is 4.43. The molecule has 0 atom stereocenters. The molecule has 0 amide bonds. The molecule has 1 heterocycles. The summed E-state index contributed by atoms with van der Waals surface area (Å²) in [6, 6.07) is 13.8. The van der Waals surface area contributed by atoms with Crippen molar-refractivity contribution in [3.63, 3.8) is 0 Å². The summed E-state index contributed by atoms with van der Waals surface area (Å²) < 4.78 is 7.48. The van der Waals surface area contributed by atoms with Gasteiger partial charge in [0, 0.05) is 6.54 Å². The fourth-order valence-corrected chi connectivity index (χ4v) is 3.63. The Morgan fingerprint density at radius 1 is 1.07 bits per heavy atom. The first-order chi connectivity index (χ1) is 14.3. The SMILES string of the molecule is Cc1cccc(OCc2c(Cl)cc(Cl)c(=O)n2CCc2ccc(C(=O)O)cc2)c1C. The Labute approximate surface area is 184 Å². The van der Waals surface area contributed by atoms with Crippen LogP contribution in [0.15, 0.2) is 53.3 Å². The Morgan fingerprint density at radius 2 is 1.77 bits per heavy atom. The third-order valence-electron chi connectivity index (χ3n) is 5.05. The fourth-order valence-electron chi connectivity index (χ4n) is 3.10. The van der Waals surface area contributed by atoms with E-state index in [4.69, 9.17) is 33.0 Å².